The van der Waals surface area contributed by atoms with Crippen molar-refractivity contribution >= 4 is 64.5 Å². The zero-order chi connectivity index (χ0) is 38.6. The maximum absolute atomic E-state index is 13.8. The molecule has 52 heavy (non-hydrogen) atoms. The number of thiazole rings is 1. The van der Waals surface area contributed by atoms with Gasteiger partial charge in [-0.1, -0.05) is 0 Å². The fourth-order valence-corrected chi connectivity index (χ4v) is 5.69. The summed E-state index contributed by atoms with van der Waals surface area (Å²) in [4.78, 5) is 95.6. The molecular formula is C30H50N14O7S. The standard InChI is InChI=1S/C30H50N14O7S/c31-16-5-1-2-10-37-22(46)15-20(44-26(50)19(42-24(16)48)8-9-21(32)45)27(51)43-18(7-4-12-40-30(35)36)25(49)41-17(6-3-11-39-29(33)34)23(47)28-38-13-14-52-28/h13-14,16-20H,1-12,15,31H2,(H2,32,45)(H,37,46)(H,41,49)(H,42,48)(H,43,51)(H,44,50)(H4,33,34,39)(H4,35,36,40)/t16-,17?,18?,19-,20-/m0/s1. The van der Waals surface area contributed by atoms with Crippen LogP contribution in [0.3, 0.4) is 0 Å². The van der Waals surface area contributed by atoms with E-state index in [1.807, 2.05) is 0 Å². The van der Waals surface area contributed by atoms with Crippen molar-refractivity contribution in [3.05, 3.63) is 16.6 Å². The number of amides is 6. The number of rotatable bonds is 17. The average Bonchev–Trinajstić information content (AvgIpc) is 3.62. The van der Waals surface area contributed by atoms with Gasteiger partial charge in [0, 0.05) is 37.6 Å². The van der Waals surface area contributed by atoms with Crippen LogP contribution in [0.5, 0.6) is 0 Å². The normalized spacial score (nSPS) is 19.6. The molecular weight excluding hydrogens is 700 g/mol. The fraction of sp³-hybridized carbons (Fsp3) is 0.600. The molecule has 2 heterocycles. The molecule has 6 amide bonds. The van der Waals surface area contributed by atoms with Crippen LogP contribution in [-0.2, 0) is 28.8 Å². The first-order chi connectivity index (χ1) is 24.7. The molecule has 17 N–H and O–H groups in total. The minimum Gasteiger partial charge on any atom is -0.370 e. The molecule has 5 atom stereocenters. The second-order valence-corrected chi connectivity index (χ2v) is 13.0. The Bertz CT molecular complexity index is 1430. The average molecular weight is 751 g/mol. The summed E-state index contributed by atoms with van der Waals surface area (Å²) >= 11 is 1.08. The minimum absolute atomic E-state index is 0.0239. The summed E-state index contributed by atoms with van der Waals surface area (Å²) in [6, 6.07) is -6.25. The van der Waals surface area contributed by atoms with Gasteiger partial charge in [-0.3, -0.25) is 44.4 Å². The third kappa shape index (κ3) is 16.1. The molecule has 21 nitrogen and oxygen atoms in total. The predicted octanol–water partition coefficient (Wildman–Crippen LogP) is -3.93. The molecule has 0 radical (unpaired) electrons. The summed E-state index contributed by atoms with van der Waals surface area (Å²) < 4.78 is 0. The van der Waals surface area contributed by atoms with Crippen LogP contribution in [0.15, 0.2) is 11.6 Å². The molecule has 2 rings (SSSR count). The minimum atomic E-state index is -1.55. The third-order valence-electron chi connectivity index (χ3n) is 7.81. The summed E-state index contributed by atoms with van der Waals surface area (Å²) in [7, 11) is 0. The Balaban J connectivity index is 2.36. The number of hydrogen-bond donors (Lipinski definition) is 13. The van der Waals surface area contributed by atoms with E-state index < -0.39 is 77.9 Å². The van der Waals surface area contributed by atoms with Crippen LogP contribution in [-0.4, -0.2) is 108 Å². The maximum Gasteiger partial charge on any atom is 0.243 e. The number of nitrogens with two attached hydrogens (primary N) is 4. The van der Waals surface area contributed by atoms with Gasteiger partial charge in [0.2, 0.25) is 41.2 Å². The van der Waals surface area contributed by atoms with E-state index in [1.165, 1.54) is 6.20 Å². The largest absolute Gasteiger partial charge is 0.370 e. The van der Waals surface area contributed by atoms with E-state index in [4.69, 9.17) is 33.8 Å². The number of nitrogens with zero attached hydrogens (tertiary/aromatic N) is 1. The van der Waals surface area contributed by atoms with Crippen molar-refractivity contribution in [2.24, 2.45) is 22.9 Å². The summed E-state index contributed by atoms with van der Waals surface area (Å²) in [5.74, 6) is -5.62. The Morgan fingerprint density at radius 2 is 1.58 bits per heavy atom. The van der Waals surface area contributed by atoms with Crippen molar-refractivity contribution < 1.29 is 33.6 Å². The van der Waals surface area contributed by atoms with Crippen LogP contribution in [0.4, 0.5) is 0 Å². The number of carbonyl (C=O) groups excluding carboxylic acids is 7. The van der Waals surface area contributed by atoms with Crippen molar-refractivity contribution in [3.63, 3.8) is 0 Å². The zero-order valence-electron chi connectivity index (χ0n) is 28.8. The number of guanidine groups is 2. The van der Waals surface area contributed by atoms with Crippen LogP contribution in [0.25, 0.3) is 0 Å². The SMILES string of the molecule is N=C(N)NCCCC(NC(=O)[C@@H]1CC(=O)NCCCC[C@H](N)C(=O)N[C@@H](CCC(N)=O)C(=O)N1)C(=O)NC(CCCNC(=N)N)C(=O)c1nccs1. The third-order valence-corrected chi connectivity index (χ3v) is 8.60. The number of carbonyl (C=O) groups is 7. The van der Waals surface area contributed by atoms with E-state index in [1.54, 1.807) is 5.38 Å². The van der Waals surface area contributed by atoms with Gasteiger partial charge in [-0.25, -0.2) is 4.98 Å². The lowest BCUT2D eigenvalue weighted by molar-refractivity contribution is -0.135. The van der Waals surface area contributed by atoms with Crippen LogP contribution in [0.1, 0.15) is 74.0 Å². The Kier molecular flexibility index (Phi) is 18.5. The first-order valence-corrected chi connectivity index (χ1v) is 17.7. The van der Waals surface area contributed by atoms with Crippen LogP contribution >= 0.6 is 11.3 Å². The molecule has 288 valence electrons. The predicted molar refractivity (Wildman–Crippen MR) is 190 cm³/mol. The second kappa shape index (κ2) is 22.4. The van der Waals surface area contributed by atoms with Crippen molar-refractivity contribution in [1.82, 2.24) is 42.2 Å². The molecule has 0 saturated carbocycles. The van der Waals surface area contributed by atoms with Crippen LogP contribution in [0, 0.1) is 10.8 Å². The number of Topliss-reactive ketones (excluding diaryl/α,β-unsaturated/α-hetero) is 1. The topological polar surface area (TPSA) is 368 Å². The van der Waals surface area contributed by atoms with Gasteiger partial charge in [0.25, 0.3) is 0 Å². The van der Waals surface area contributed by atoms with E-state index >= 15 is 0 Å². The summed E-state index contributed by atoms with van der Waals surface area (Å²) in [6.07, 6.45) is 2.26. The van der Waals surface area contributed by atoms with E-state index in [-0.39, 0.29) is 75.1 Å². The van der Waals surface area contributed by atoms with Gasteiger partial charge in [-0.05, 0) is 51.4 Å². The summed E-state index contributed by atoms with van der Waals surface area (Å²) in [5, 5.41) is 34.6. The highest BCUT2D eigenvalue weighted by Gasteiger charge is 2.33. The molecule has 22 heteroatoms. The molecule has 1 aromatic heterocycles. The monoisotopic (exact) mass is 750 g/mol. The van der Waals surface area contributed by atoms with E-state index in [9.17, 15) is 33.6 Å². The highest BCUT2D eigenvalue weighted by molar-refractivity contribution is 7.11. The molecule has 1 aromatic rings. The molecule has 1 aliphatic heterocycles. The number of aromatic nitrogens is 1. The van der Waals surface area contributed by atoms with Crippen molar-refractivity contribution in [2.75, 3.05) is 19.6 Å². The Morgan fingerprint density at radius 3 is 2.17 bits per heavy atom. The first kappa shape index (κ1) is 42.8. The number of ketones is 1. The molecule has 2 unspecified atom stereocenters. The number of hydrogen-bond acceptors (Lipinski definition) is 12. The van der Waals surface area contributed by atoms with Gasteiger partial charge < -0.3 is 60.2 Å². The number of nitrogens with one attached hydrogen (secondary N) is 9. The molecule has 0 spiro atoms. The van der Waals surface area contributed by atoms with Gasteiger partial charge in [-0.15, -0.1) is 11.3 Å². The van der Waals surface area contributed by atoms with Crippen LogP contribution in [0.2, 0.25) is 0 Å². The number of primary amides is 1. The molecule has 1 saturated heterocycles. The van der Waals surface area contributed by atoms with Crippen molar-refractivity contribution in [2.45, 2.75) is 94.4 Å². The lowest BCUT2D eigenvalue weighted by Crippen LogP contribution is -2.59. The highest BCUT2D eigenvalue weighted by atomic mass is 32.1. The molecule has 0 aliphatic carbocycles. The Hall–Kier alpha value is -5.38. The Labute approximate surface area is 304 Å². The van der Waals surface area contributed by atoms with Gasteiger partial charge >= 0.3 is 0 Å². The van der Waals surface area contributed by atoms with Crippen LogP contribution < -0.4 is 60.2 Å². The molecule has 1 aliphatic rings. The molecule has 0 aromatic carbocycles. The van der Waals surface area contributed by atoms with Gasteiger partial charge in [0.05, 0.1) is 18.5 Å². The highest BCUT2D eigenvalue weighted by Crippen LogP contribution is 2.12. The van der Waals surface area contributed by atoms with E-state index in [0.717, 1.165) is 11.3 Å². The second-order valence-electron chi connectivity index (χ2n) is 12.1. The summed E-state index contributed by atoms with van der Waals surface area (Å²) in [6.45, 7) is 0.598. The zero-order valence-corrected chi connectivity index (χ0v) is 29.6. The lowest BCUT2D eigenvalue weighted by Gasteiger charge is -2.27. The van der Waals surface area contributed by atoms with E-state index in [0.29, 0.717) is 19.3 Å². The molecule has 1 fully saturated rings. The first-order valence-electron chi connectivity index (χ1n) is 16.8. The quantitative estimate of drug-likeness (QED) is 0.0314. The fourth-order valence-electron chi connectivity index (χ4n) is 5.06. The lowest BCUT2D eigenvalue weighted by atomic mass is 10.0. The van der Waals surface area contributed by atoms with E-state index in [2.05, 4.69) is 42.2 Å². The maximum atomic E-state index is 13.8. The van der Waals surface area contributed by atoms with Gasteiger partial charge in [0.15, 0.2) is 16.9 Å². The van der Waals surface area contributed by atoms with Gasteiger partial charge in [0.1, 0.15) is 18.1 Å². The molecule has 0 bridgehead atoms. The Morgan fingerprint density at radius 1 is 0.923 bits per heavy atom. The summed E-state index contributed by atoms with van der Waals surface area (Å²) in [5.41, 5.74) is 22.0. The van der Waals surface area contributed by atoms with Gasteiger partial charge in [-0.2, -0.15) is 0 Å². The van der Waals surface area contributed by atoms with Crippen molar-refractivity contribution in [3.8, 4) is 0 Å². The smallest absolute Gasteiger partial charge is 0.243 e. The van der Waals surface area contributed by atoms with Crippen molar-refractivity contribution in [1.29, 1.82) is 10.8 Å².